The van der Waals surface area contributed by atoms with E-state index < -0.39 is 16.7 Å². The molecule has 0 heterocycles. The first-order valence-corrected chi connectivity index (χ1v) is 5.75. The van der Waals surface area contributed by atoms with Gasteiger partial charge in [-0.3, -0.25) is 14.9 Å². The third kappa shape index (κ3) is 3.90. The zero-order valence-electron chi connectivity index (χ0n) is 10.8. The van der Waals surface area contributed by atoms with E-state index in [-0.39, 0.29) is 24.3 Å². The Bertz CT molecular complexity index is 479. The molecule has 0 spiro atoms. The Morgan fingerprint density at radius 1 is 1.53 bits per heavy atom. The number of hydrogen-bond acceptors (Lipinski definition) is 5. The molecule has 0 saturated heterocycles. The van der Waals surface area contributed by atoms with Gasteiger partial charge < -0.3 is 9.64 Å². The lowest BCUT2D eigenvalue weighted by Gasteiger charge is -2.22. The Morgan fingerprint density at radius 3 is 2.74 bits per heavy atom. The zero-order chi connectivity index (χ0) is 14.4. The molecule has 0 fully saturated rings. The molecule has 19 heavy (non-hydrogen) atoms. The van der Waals surface area contributed by atoms with Crippen molar-refractivity contribution in [2.45, 2.75) is 13.3 Å². The minimum absolute atomic E-state index is 0.0814. The number of ether oxygens (including phenoxy) is 1. The van der Waals surface area contributed by atoms with Crippen LogP contribution in [0.5, 0.6) is 0 Å². The van der Waals surface area contributed by atoms with E-state index in [1.807, 2.05) is 0 Å². The Balaban J connectivity index is 2.99. The lowest BCUT2D eigenvalue weighted by atomic mass is 10.2. The topological polar surface area (TPSA) is 72.7 Å². The van der Waals surface area contributed by atoms with Gasteiger partial charge in [0, 0.05) is 25.2 Å². The predicted molar refractivity (Wildman–Crippen MR) is 67.6 cm³/mol. The van der Waals surface area contributed by atoms with Crippen molar-refractivity contribution in [3.63, 3.8) is 0 Å². The maximum Gasteiger partial charge on any atom is 0.307 e. The fraction of sp³-hybridized carbons (Fsp3) is 0.417. The fourth-order valence-electron chi connectivity index (χ4n) is 1.68. The first-order valence-electron chi connectivity index (χ1n) is 5.75. The van der Waals surface area contributed by atoms with Crippen LogP contribution in [0.25, 0.3) is 0 Å². The molecule has 0 aromatic heterocycles. The molecule has 0 saturated carbocycles. The molecule has 104 valence electrons. The monoisotopic (exact) mass is 270 g/mol. The van der Waals surface area contributed by atoms with Gasteiger partial charge in [-0.1, -0.05) is 0 Å². The summed E-state index contributed by atoms with van der Waals surface area (Å²) >= 11 is 0. The highest BCUT2D eigenvalue weighted by Gasteiger charge is 2.20. The molecule has 0 aliphatic rings. The number of nitro benzene ring substituents is 1. The van der Waals surface area contributed by atoms with E-state index >= 15 is 0 Å². The van der Waals surface area contributed by atoms with Crippen molar-refractivity contribution < 1.29 is 18.8 Å². The van der Waals surface area contributed by atoms with Crippen LogP contribution in [0.4, 0.5) is 15.8 Å². The lowest BCUT2D eigenvalue weighted by Crippen LogP contribution is -2.27. The van der Waals surface area contributed by atoms with Crippen LogP contribution in [0.3, 0.4) is 0 Å². The summed E-state index contributed by atoms with van der Waals surface area (Å²) < 4.78 is 17.7. The van der Waals surface area contributed by atoms with Crippen LogP contribution in [0.1, 0.15) is 13.3 Å². The van der Waals surface area contributed by atoms with Gasteiger partial charge in [0.15, 0.2) is 0 Å². The summed E-state index contributed by atoms with van der Waals surface area (Å²) in [5.41, 5.74) is -0.0236. The molecule has 1 rings (SSSR count). The fourth-order valence-corrected chi connectivity index (χ4v) is 1.68. The largest absolute Gasteiger partial charge is 0.469 e. The summed E-state index contributed by atoms with van der Waals surface area (Å²) in [5, 5.41) is 10.9. The first kappa shape index (κ1) is 14.9. The van der Waals surface area contributed by atoms with Crippen LogP contribution in [0.2, 0.25) is 0 Å². The maximum atomic E-state index is 13.2. The molecule has 1 aromatic rings. The van der Waals surface area contributed by atoms with Crippen LogP contribution in [0, 0.1) is 15.9 Å². The average molecular weight is 270 g/mol. The Hall–Kier alpha value is -2.18. The van der Waals surface area contributed by atoms with Crippen LogP contribution in [0.15, 0.2) is 18.2 Å². The van der Waals surface area contributed by atoms with Gasteiger partial charge in [0.2, 0.25) is 0 Å². The number of nitro groups is 1. The summed E-state index contributed by atoms with van der Waals surface area (Å²) in [4.78, 5) is 23.0. The molecule has 0 radical (unpaired) electrons. The summed E-state index contributed by atoms with van der Waals surface area (Å²) in [6, 6.07) is 3.25. The molecule has 0 bridgehead atoms. The number of methoxy groups -OCH3 is 1. The molecule has 0 aliphatic carbocycles. The third-order valence-corrected chi connectivity index (χ3v) is 2.67. The number of anilines is 1. The molecular formula is C12H15FN2O4. The maximum absolute atomic E-state index is 13.2. The van der Waals surface area contributed by atoms with Crippen molar-refractivity contribution in [1.29, 1.82) is 0 Å². The molecular weight excluding hydrogens is 255 g/mol. The Labute approximate surface area is 109 Å². The average Bonchev–Trinajstić information content (AvgIpc) is 2.38. The molecule has 7 heteroatoms. The minimum atomic E-state index is -0.574. The summed E-state index contributed by atoms with van der Waals surface area (Å²) in [6.07, 6.45) is 0.0814. The van der Waals surface area contributed by atoms with Gasteiger partial charge in [-0.05, 0) is 13.0 Å². The van der Waals surface area contributed by atoms with E-state index in [0.717, 1.165) is 18.2 Å². The van der Waals surface area contributed by atoms with Crippen LogP contribution in [-0.2, 0) is 9.53 Å². The molecule has 6 nitrogen and oxygen atoms in total. The van der Waals surface area contributed by atoms with Crippen LogP contribution < -0.4 is 4.90 Å². The highest BCUT2D eigenvalue weighted by molar-refractivity contribution is 5.71. The molecule has 0 unspecified atom stereocenters. The van der Waals surface area contributed by atoms with E-state index in [1.165, 1.54) is 7.11 Å². The normalized spacial score (nSPS) is 10.1. The van der Waals surface area contributed by atoms with Gasteiger partial charge in [0.05, 0.1) is 18.5 Å². The minimum Gasteiger partial charge on any atom is -0.469 e. The third-order valence-electron chi connectivity index (χ3n) is 2.67. The van der Waals surface area contributed by atoms with Crippen molar-refractivity contribution in [1.82, 2.24) is 0 Å². The molecule has 1 aromatic carbocycles. The number of esters is 1. The van der Waals surface area contributed by atoms with Crippen molar-refractivity contribution in [3.05, 3.63) is 34.1 Å². The second kappa shape index (κ2) is 6.67. The van der Waals surface area contributed by atoms with Crippen molar-refractivity contribution in [3.8, 4) is 0 Å². The highest BCUT2D eigenvalue weighted by atomic mass is 19.1. The number of hydrogen-bond donors (Lipinski definition) is 0. The number of halogens is 1. The van der Waals surface area contributed by atoms with E-state index in [4.69, 9.17) is 0 Å². The Kier molecular flexibility index (Phi) is 5.23. The standard InChI is InChI=1S/C12H15FN2O4/c1-3-14(7-6-12(16)19-2)11-8-9(13)4-5-10(11)15(17)18/h4-5,8H,3,6-7H2,1-2H3. The summed E-state index contributed by atoms with van der Waals surface area (Å²) in [6.45, 7) is 2.42. The van der Waals surface area contributed by atoms with Crippen molar-refractivity contribution in [2.24, 2.45) is 0 Å². The van der Waals surface area contributed by atoms with E-state index in [1.54, 1.807) is 11.8 Å². The van der Waals surface area contributed by atoms with Crippen LogP contribution >= 0.6 is 0 Å². The lowest BCUT2D eigenvalue weighted by molar-refractivity contribution is -0.384. The smallest absolute Gasteiger partial charge is 0.307 e. The number of benzene rings is 1. The second-order valence-corrected chi connectivity index (χ2v) is 3.80. The molecule has 0 amide bonds. The van der Waals surface area contributed by atoms with Gasteiger partial charge in [-0.15, -0.1) is 0 Å². The number of rotatable bonds is 6. The molecule has 0 atom stereocenters. The number of carbonyl (C=O) groups excluding carboxylic acids is 1. The first-order chi connectivity index (χ1) is 8.99. The molecule has 0 aliphatic heterocycles. The SMILES string of the molecule is CCN(CCC(=O)OC)c1cc(F)ccc1[N+](=O)[O-]. The quantitative estimate of drug-likeness (QED) is 0.450. The zero-order valence-corrected chi connectivity index (χ0v) is 10.8. The van der Waals surface area contributed by atoms with Gasteiger partial charge in [0.1, 0.15) is 11.5 Å². The number of carbonyl (C=O) groups is 1. The van der Waals surface area contributed by atoms with Gasteiger partial charge >= 0.3 is 5.97 Å². The van der Waals surface area contributed by atoms with E-state index in [2.05, 4.69) is 4.74 Å². The second-order valence-electron chi connectivity index (χ2n) is 3.80. The van der Waals surface area contributed by atoms with Gasteiger partial charge in [0.25, 0.3) is 5.69 Å². The predicted octanol–water partition coefficient (Wildman–Crippen LogP) is 2.12. The highest BCUT2D eigenvalue weighted by Crippen LogP contribution is 2.28. The van der Waals surface area contributed by atoms with E-state index in [0.29, 0.717) is 6.54 Å². The Morgan fingerprint density at radius 2 is 2.21 bits per heavy atom. The summed E-state index contributed by atoms with van der Waals surface area (Å²) in [5.74, 6) is -0.977. The number of nitrogens with zero attached hydrogens (tertiary/aromatic N) is 2. The van der Waals surface area contributed by atoms with Gasteiger partial charge in [-0.25, -0.2) is 4.39 Å². The van der Waals surface area contributed by atoms with Crippen LogP contribution in [-0.4, -0.2) is 31.1 Å². The van der Waals surface area contributed by atoms with Gasteiger partial charge in [-0.2, -0.15) is 0 Å². The van der Waals surface area contributed by atoms with E-state index in [9.17, 15) is 19.3 Å². The van der Waals surface area contributed by atoms with Crippen molar-refractivity contribution in [2.75, 3.05) is 25.1 Å². The summed E-state index contributed by atoms with van der Waals surface area (Å²) in [7, 11) is 1.27. The van der Waals surface area contributed by atoms with Crippen molar-refractivity contribution >= 4 is 17.3 Å². The molecule has 0 N–H and O–H groups in total.